The van der Waals surface area contributed by atoms with Crippen LogP contribution in [0.5, 0.6) is 0 Å². The molecular formula is C15H19N3O. The Morgan fingerprint density at radius 1 is 1.16 bits per heavy atom. The number of aromatic nitrogens is 1. The third-order valence-corrected chi connectivity index (χ3v) is 3.92. The molecule has 3 rings (SSSR count). The summed E-state index contributed by atoms with van der Waals surface area (Å²) in [6.45, 7) is 3.27. The van der Waals surface area contributed by atoms with E-state index in [1.807, 2.05) is 30.3 Å². The highest BCUT2D eigenvalue weighted by Crippen LogP contribution is 2.13. The van der Waals surface area contributed by atoms with Gasteiger partial charge in [0, 0.05) is 17.5 Å². The maximum absolute atomic E-state index is 12.2. The molecule has 1 aliphatic rings. The number of nitrogens with zero attached hydrogens (tertiary/aromatic N) is 2. The van der Waals surface area contributed by atoms with Crippen LogP contribution in [0.1, 0.15) is 18.4 Å². The van der Waals surface area contributed by atoms with Gasteiger partial charge in [-0.2, -0.15) is 0 Å². The Kier molecular flexibility index (Phi) is 3.25. The third kappa shape index (κ3) is 2.36. The van der Waals surface area contributed by atoms with Crippen LogP contribution in [0.25, 0.3) is 10.9 Å². The number of nitrogens with two attached hydrogens (primary N) is 1. The Balaban J connectivity index is 1.90. The second-order valence-corrected chi connectivity index (χ2v) is 5.20. The van der Waals surface area contributed by atoms with E-state index in [9.17, 15) is 4.79 Å². The molecule has 1 aromatic heterocycles. The standard InChI is InChI=1S/C15H19N3O/c16-18-14-6-2-1-5-12(14)11-13(15(18)19)7-10-17-8-3-4-9-17/h1-2,5-6,11H,3-4,7-10,16H2. The van der Waals surface area contributed by atoms with Gasteiger partial charge in [0.05, 0.1) is 5.52 Å². The van der Waals surface area contributed by atoms with Gasteiger partial charge in [-0.1, -0.05) is 18.2 Å². The highest BCUT2D eigenvalue weighted by atomic mass is 16.1. The highest BCUT2D eigenvalue weighted by molar-refractivity contribution is 5.79. The van der Waals surface area contributed by atoms with Crippen molar-refractivity contribution in [2.24, 2.45) is 0 Å². The van der Waals surface area contributed by atoms with Gasteiger partial charge in [-0.3, -0.25) is 4.79 Å². The van der Waals surface area contributed by atoms with E-state index in [-0.39, 0.29) is 5.56 Å². The molecule has 0 bridgehead atoms. The Hall–Kier alpha value is -1.81. The summed E-state index contributed by atoms with van der Waals surface area (Å²) in [7, 11) is 0. The van der Waals surface area contributed by atoms with Gasteiger partial charge in [0.2, 0.25) is 0 Å². The third-order valence-electron chi connectivity index (χ3n) is 3.92. The highest BCUT2D eigenvalue weighted by Gasteiger charge is 2.13. The summed E-state index contributed by atoms with van der Waals surface area (Å²) >= 11 is 0. The van der Waals surface area contributed by atoms with Crippen LogP contribution >= 0.6 is 0 Å². The molecule has 0 spiro atoms. The molecule has 1 fully saturated rings. The minimum atomic E-state index is -0.0714. The molecule has 1 aromatic carbocycles. The molecule has 4 nitrogen and oxygen atoms in total. The van der Waals surface area contributed by atoms with Crippen LogP contribution in [-0.4, -0.2) is 29.2 Å². The normalized spacial score (nSPS) is 16.2. The first kappa shape index (κ1) is 12.2. The Bertz CT molecular complexity index is 641. The minimum absolute atomic E-state index is 0.0714. The summed E-state index contributed by atoms with van der Waals surface area (Å²) in [5, 5.41) is 1.03. The molecule has 2 heterocycles. The summed E-state index contributed by atoms with van der Waals surface area (Å²) in [4.78, 5) is 14.6. The molecule has 0 saturated carbocycles. The van der Waals surface area contributed by atoms with Crippen LogP contribution < -0.4 is 11.4 Å². The number of hydrogen-bond acceptors (Lipinski definition) is 3. The molecule has 2 N–H and O–H groups in total. The van der Waals surface area contributed by atoms with Crippen molar-refractivity contribution >= 4 is 10.9 Å². The topological polar surface area (TPSA) is 51.3 Å². The lowest BCUT2D eigenvalue weighted by atomic mass is 10.1. The van der Waals surface area contributed by atoms with Gasteiger partial charge in [-0.25, -0.2) is 4.68 Å². The molecule has 0 aliphatic carbocycles. The van der Waals surface area contributed by atoms with Crippen molar-refractivity contribution < 1.29 is 0 Å². The Morgan fingerprint density at radius 3 is 2.68 bits per heavy atom. The maximum Gasteiger partial charge on any atom is 0.272 e. The molecular weight excluding hydrogens is 238 g/mol. The van der Waals surface area contributed by atoms with Crippen LogP contribution in [0.4, 0.5) is 0 Å². The molecule has 100 valence electrons. The van der Waals surface area contributed by atoms with E-state index in [0.29, 0.717) is 0 Å². The zero-order valence-electron chi connectivity index (χ0n) is 11.0. The molecule has 0 unspecified atom stereocenters. The van der Waals surface area contributed by atoms with Gasteiger partial charge in [0.1, 0.15) is 0 Å². The van der Waals surface area contributed by atoms with Crippen molar-refractivity contribution in [3.8, 4) is 0 Å². The summed E-state index contributed by atoms with van der Waals surface area (Å²) in [5.41, 5.74) is 1.53. The largest absolute Gasteiger partial charge is 0.336 e. The van der Waals surface area contributed by atoms with Crippen molar-refractivity contribution in [3.05, 3.63) is 46.2 Å². The van der Waals surface area contributed by atoms with Crippen LogP contribution in [0, 0.1) is 0 Å². The van der Waals surface area contributed by atoms with Crippen molar-refractivity contribution in [3.63, 3.8) is 0 Å². The molecule has 0 amide bonds. The molecule has 0 atom stereocenters. The van der Waals surface area contributed by atoms with Crippen LogP contribution in [0.15, 0.2) is 35.1 Å². The zero-order valence-corrected chi connectivity index (χ0v) is 11.0. The lowest BCUT2D eigenvalue weighted by Crippen LogP contribution is -2.32. The number of hydrogen-bond donors (Lipinski definition) is 1. The number of para-hydroxylation sites is 1. The molecule has 19 heavy (non-hydrogen) atoms. The quantitative estimate of drug-likeness (QED) is 0.845. The monoisotopic (exact) mass is 257 g/mol. The summed E-state index contributed by atoms with van der Waals surface area (Å²) in [6.07, 6.45) is 3.33. The van der Waals surface area contributed by atoms with Gasteiger partial charge in [0.15, 0.2) is 0 Å². The number of rotatable bonds is 3. The zero-order chi connectivity index (χ0) is 13.2. The van der Waals surface area contributed by atoms with E-state index in [2.05, 4.69) is 4.90 Å². The van der Waals surface area contributed by atoms with E-state index < -0.39 is 0 Å². The average Bonchev–Trinajstić information content (AvgIpc) is 2.94. The lowest BCUT2D eigenvalue weighted by Gasteiger charge is -2.14. The second kappa shape index (κ2) is 5.05. The fourth-order valence-corrected chi connectivity index (χ4v) is 2.81. The second-order valence-electron chi connectivity index (χ2n) is 5.20. The molecule has 1 aliphatic heterocycles. The first-order chi connectivity index (χ1) is 9.25. The van der Waals surface area contributed by atoms with Crippen molar-refractivity contribution in [1.82, 2.24) is 9.58 Å². The Labute approximate surface area is 112 Å². The van der Waals surface area contributed by atoms with Gasteiger partial charge < -0.3 is 10.7 Å². The van der Waals surface area contributed by atoms with E-state index >= 15 is 0 Å². The summed E-state index contributed by atoms with van der Waals surface area (Å²) in [6, 6.07) is 9.72. The van der Waals surface area contributed by atoms with E-state index in [1.54, 1.807) is 0 Å². The van der Waals surface area contributed by atoms with Gasteiger partial charge in [0.25, 0.3) is 5.56 Å². The number of nitrogen functional groups attached to an aromatic ring is 1. The first-order valence-corrected chi connectivity index (χ1v) is 6.87. The van der Waals surface area contributed by atoms with Crippen LogP contribution in [-0.2, 0) is 6.42 Å². The predicted octanol–water partition coefficient (Wildman–Crippen LogP) is 1.35. The van der Waals surface area contributed by atoms with E-state index in [4.69, 9.17) is 5.84 Å². The van der Waals surface area contributed by atoms with Crippen LogP contribution in [0.3, 0.4) is 0 Å². The Morgan fingerprint density at radius 2 is 1.89 bits per heavy atom. The molecule has 4 heteroatoms. The van der Waals surface area contributed by atoms with Crippen molar-refractivity contribution in [1.29, 1.82) is 0 Å². The van der Waals surface area contributed by atoms with Gasteiger partial charge >= 0.3 is 0 Å². The first-order valence-electron chi connectivity index (χ1n) is 6.87. The molecule has 1 saturated heterocycles. The van der Waals surface area contributed by atoms with Crippen molar-refractivity contribution in [2.45, 2.75) is 19.3 Å². The number of likely N-dealkylation sites (tertiary alicyclic amines) is 1. The SMILES string of the molecule is Nn1c(=O)c(CCN2CCCC2)cc2ccccc21. The van der Waals surface area contributed by atoms with Gasteiger partial charge in [-0.05, 0) is 44.5 Å². The minimum Gasteiger partial charge on any atom is -0.336 e. The van der Waals surface area contributed by atoms with E-state index in [1.165, 1.54) is 17.5 Å². The van der Waals surface area contributed by atoms with Crippen molar-refractivity contribution in [2.75, 3.05) is 25.5 Å². The fraction of sp³-hybridized carbons (Fsp3) is 0.400. The number of fused-ring (bicyclic) bond motifs is 1. The molecule has 2 aromatic rings. The number of benzene rings is 1. The fourth-order valence-electron chi connectivity index (χ4n) is 2.81. The van der Waals surface area contributed by atoms with Crippen LogP contribution in [0.2, 0.25) is 0 Å². The number of pyridine rings is 1. The smallest absolute Gasteiger partial charge is 0.272 e. The summed E-state index contributed by atoms with van der Waals surface area (Å²) in [5.74, 6) is 5.89. The maximum atomic E-state index is 12.2. The predicted molar refractivity (Wildman–Crippen MR) is 77.7 cm³/mol. The summed E-state index contributed by atoms with van der Waals surface area (Å²) < 4.78 is 1.27. The van der Waals surface area contributed by atoms with E-state index in [0.717, 1.165) is 42.5 Å². The lowest BCUT2D eigenvalue weighted by molar-refractivity contribution is 0.343. The van der Waals surface area contributed by atoms with Gasteiger partial charge in [-0.15, -0.1) is 0 Å². The average molecular weight is 257 g/mol. The molecule has 0 radical (unpaired) electrons.